The molecular weight excluding hydrogens is 419 g/mol. The van der Waals surface area contributed by atoms with Gasteiger partial charge >= 0.3 is 0 Å². The maximum atomic E-state index is 6.40. The summed E-state index contributed by atoms with van der Waals surface area (Å²) >= 11 is 0. The molecule has 0 saturated carbocycles. The van der Waals surface area contributed by atoms with Crippen molar-refractivity contribution in [1.29, 1.82) is 0 Å². The van der Waals surface area contributed by atoms with Crippen LogP contribution in [0.2, 0.25) is 0 Å². The van der Waals surface area contributed by atoms with Crippen LogP contribution in [0.4, 0.5) is 0 Å². The van der Waals surface area contributed by atoms with E-state index in [2.05, 4.69) is 97.9 Å². The molecule has 3 rings (SSSR count). The van der Waals surface area contributed by atoms with E-state index in [1.54, 1.807) is 0 Å². The third-order valence-electron chi connectivity index (χ3n) is 6.75. The quantitative estimate of drug-likeness (QED) is 0.165. The van der Waals surface area contributed by atoms with Crippen molar-refractivity contribution in [3.05, 3.63) is 91.0 Å². The lowest BCUT2D eigenvalue weighted by molar-refractivity contribution is 0.158. The van der Waals surface area contributed by atoms with Gasteiger partial charge in [-0.05, 0) is 42.8 Å². The summed E-state index contributed by atoms with van der Waals surface area (Å²) in [4.78, 5) is 0. The summed E-state index contributed by atoms with van der Waals surface area (Å²) < 4.78 is 6.40. The third kappa shape index (κ3) is 6.78. The molecule has 0 amide bonds. The Kier molecular flexibility index (Phi) is 11.2. The van der Waals surface area contributed by atoms with Gasteiger partial charge in [-0.3, -0.25) is 0 Å². The minimum atomic E-state index is -1.96. The van der Waals surface area contributed by atoms with E-state index in [-0.39, 0.29) is 5.85 Å². The zero-order valence-electron chi connectivity index (χ0n) is 20.7. The highest BCUT2D eigenvalue weighted by Crippen LogP contribution is 2.61. The average Bonchev–Trinajstić information content (AvgIpc) is 2.89. The van der Waals surface area contributed by atoms with Gasteiger partial charge in [0.25, 0.3) is 0 Å². The Morgan fingerprint density at radius 3 is 1.27 bits per heavy atom. The van der Waals surface area contributed by atoms with Crippen LogP contribution >= 0.6 is 7.26 Å². The lowest BCUT2D eigenvalue weighted by Crippen LogP contribution is -2.39. The summed E-state index contributed by atoms with van der Waals surface area (Å²) in [6, 6.07) is 33.3. The second-order valence-corrected chi connectivity index (χ2v) is 12.6. The summed E-state index contributed by atoms with van der Waals surface area (Å²) in [7, 11) is -0.0410. The number of methoxy groups -OCH3 is 1. The topological polar surface area (TPSA) is 9.23 Å². The van der Waals surface area contributed by atoms with Crippen molar-refractivity contribution in [3.8, 4) is 0 Å². The predicted molar refractivity (Wildman–Crippen MR) is 148 cm³/mol. The molecule has 1 nitrogen and oxygen atoms in total. The van der Waals surface area contributed by atoms with E-state index in [4.69, 9.17) is 4.74 Å². The van der Waals surface area contributed by atoms with Gasteiger partial charge in [0, 0.05) is 13.5 Å². The summed E-state index contributed by atoms with van der Waals surface area (Å²) in [5.74, 6) is 0.175. The molecule has 3 aromatic rings. The lowest BCUT2D eigenvalue weighted by Gasteiger charge is -2.33. The Hall–Kier alpha value is -1.95. The van der Waals surface area contributed by atoms with Crippen molar-refractivity contribution in [3.63, 3.8) is 0 Å². The molecule has 0 spiro atoms. The average molecular weight is 462 g/mol. The third-order valence-corrected chi connectivity index (χ3v) is 11.4. The van der Waals surface area contributed by atoms with Gasteiger partial charge in [-0.25, -0.2) is 0 Å². The van der Waals surface area contributed by atoms with E-state index >= 15 is 0 Å². The highest BCUT2D eigenvalue weighted by atomic mass is 31.2. The van der Waals surface area contributed by atoms with Gasteiger partial charge < -0.3 is 4.74 Å². The van der Waals surface area contributed by atoms with Crippen LogP contribution in [-0.4, -0.2) is 13.0 Å². The Bertz CT molecular complexity index is 782. The Morgan fingerprint density at radius 1 is 0.545 bits per heavy atom. The normalized spacial score (nSPS) is 12.5. The van der Waals surface area contributed by atoms with E-state index in [1.807, 2.05) is 7.11 Å². The number of ether oxygens (including phenoxy) is 1. The minimum Gasteiger partial charge on any atom is -0.346 e. The highest BCUT2D eigenvalue weighted by Gasteiger charge is 2.52. The maximum Gasteiger partial charge on any atom is 0.180 e. The van der Waals surface area contributed by atoms with Crippen LogP contribution in [0.15, 0.2) is 91.0 Å². The maximum absolute atomic E-state index is 6.40. The molecule has 176 valence electrons. The number of benzene rings is 3. The second kappa shape index (κ2) is 14.3. The fourth-order valence-electron chi connectivity index (χ4n) is 5.03. The Morgan fingerprint density at radius 2 is 0.909 bits per heavy atom. The molecule has 0 aromatic heterocycles. The zero-order valence-corrected chi connectivity index (χ0v) is 21.6. The van der Waals surface area contributed by atoms with Crippen molar-refractivity contribution in [2.45, 2.75) is 77.0 Å². The molecular formula is C31H42OP+. The van der Waals surface area contributed by atoms with Gasteiger partial charge in [0.1, 0.15) is 23.2 Å². The number of hydrogen-bond donors (Lipinski definition) is 0. The van der Waals surface area contributed by atoms with Gasteiger partial charge in [-0.15, -0.1) is 0 Å². The first-order valence-electron chi connectivity index (χ1n) is 12.9. The summed E-state index contributed by atoms with van der Waals surface area (Å²) in [5, 5.41) is 4.22. The Balaban J connectivity index is 1.83. The summed E-state index contributed by atoms with van der Waals surface area (Å²) in [5.41, 5.74) is 0. The van der Waals surface area contributed by atoms with Crippen LogP contribution in [0.5, 0.6) is 0 Å². The van der Waals surface area contributed by atoms with Crippen LogP contribution in [0.1, 0.15) is 71.1 Å². The molecule has 0 radical (unpaired) electrons. The molecule has 0 aliphatic heterocycles. The lowest BCUT2D eigenvalue weighted by atomic mass is 10.1. The first-order chi connectivity index (χ1) is 16.3. The summed E-state index contributed by atoms with van der Waals surface area (Å²) in [6.07, 6.45) is 13.2. The molecule has 33 heavy (non-hydrogen) atoms. The first-order valence-corrected chi connectivity index (χ1v) is 14.8. The van der Waals surface area contributed by atoms with Crippen LogP contribution in [0.3, 0.4) is 0 Å². The summed E-state index contributed by atoms with van der Waals surface area (Å²) in [6.45, 7) is 2.29. The molecule has 3 aromatic carbocycles. The van der Waals surface area contributed by atoms with Crippen molar-refractivity contribution in [2.24, 2.45) is 0 Å². The highest BCUT2D eigenvalue weighted by molar-refractivity contribution is 7.96. The van der Waals surface area contributed by atoms with E-state index < -0.39 is 7.26 Å². The zero-order chi connectivity index (χ0) is 23.2. The van der Waals surface area contributed by atoms with Gasteiger partial charge in [-0.2, -0.15) is 0 Å². The van der Waals surface area contributed by atoms with Gasteiger partial charge in [0.2, 0.25) is 0 Å². The van der Waals surface area contributed by atoms with Gasteiger partial charge in [0.15, 0.2) is 5.85 Å². The Labute approximate surface area is 202 Å². The predicted octanol–water partition coefficient (Wildman–Crippen LogP) is 7.87. The molecule has 0 N–H and O–H groups in total. The number of rotatable bonds is 15. The molecule has 1 atom stereocenters. The molecule has 0 aliphatic rings. The molecule has 0 aliphatic carbocycles. The molecule has 1 unspecified atom stereocenters. The monoisotopic (exact) mass is 461 g/mol. The van der Waals surface area contributed by atoms with Crippen LogP contribution < -0.4 is 15.9 Å². The molecule has 2 heteroatoms. The smallest absolute Gasteiger partial charge is 0.180 e. The van der Waals surface area contributed by atoms with Crippen molar-refractivity contribution >= 4 is 23.2 Å². The van der Waals surface area contributed by atoms with Crippen molar-refractivity contribution < 1.29 is 4.74 Å². The fraction of sp³-hybridized carbons (Fsp3) is 0.419. The van der Waals surface area contributed by atoms with Gasteiger partial charge in [0.05, 0.1) is 0 Å². The fourth-order valence-corrected chi connectivity index (χ4v) is 9.74. The molecule has 0 saturated heterocycles. The largest absolute Gasteiger partial charge is 0.346 e. The standard InChI is InChI=1S/C31H42OP/c1-3-4-5-6-7-8-9-10-20-27-31(32-2)33(28-21-14-11-15-22-28,29-23-16-12-17-24-29)30-25-18-13-19-26-30/h11-19,21-26,31H,3-10,20,27H2,1-2H3/q+1. The minimum absolute atomic E-state index is 0.175. The first kappa shape index (κ1) is 25.7. The van der Waals surface area contributed by atoms with E-state index in [0.717, 1.165) is 6.42 Å². The van der Waals surface area contributed by atoms with E-state index in [9.17, 15) is 0 Å². The van der Waals surface area contributed by atoms with Gasteiger partial charge in [-0.1, -0.05) is 113 Å². The van der Waals surface area contributed by atoms with Crippen LogP contribution in [-0.2, 0) is 4.74 Å². The van der Waals surface area contributed by atoms with Crippen LogP contribution in [0, 0.1) is 0 Å². The van der Waals surface area contributed by atoms with E-state index in [1.165, 1.54) is 73.7 Å². The van der Waals surface area contributed by atoms with Crippen molar-refractivity contribution in [1.82, 2.24) is 0 Å². The SMILES string of the molecule is CCCCCCCCCCCC(OC)[P+](c1ccccc1)(c1ccccc1)c1ccccc1. The van der Waals surface area contributed by atoms with Crippen LogP contribution in [0.25, 0.3) is 0 Å². The second-order valence-electron chi connectivity index (χ2n) is 9.04. The molecule has 0 heterocycles. The molecule has 0 bridgehead atoms. The van der Waals surface area contributed by atoms with Crippen molar-refractivity contribution in [2.75, 3.05) is 7.11 Å². The van der Waals surface area contributed by atoms with E-state index in [0.29, 0.717) is 0 Å². The molecule has 0 fully saturated rings. The number of hydrogen-bond acceptors (Lipinski definition) is 1. The number of unbranched alkanes of at least 4 members (excludes halogenated alkanes) is 8.